The summed E-state index contributed by atoms with van der Waals surface area (Å²) in [6, 6.07) is 10.8. The number of aromatic hydroxyl groups is 1. The van der Waals surface area contributed by atoms with Crippen molar-refractivity contribution in [2.45, 2.75) is 33.0 Å². The fourth-order valence-electron chi connectivity index (χ4n) is 2.98. The summed E-state index contributed by atoms with van der Waals surface area (Å²) in [4.78, 5) is 24.8. The van der Waals surface area contributed by atoms with E-state index in [4.69, 9.17) is 9.47 Å². The standard InChI is InChI=1S/C23H30N2O7/c1-4-31-18-7-5-17(6-8-18)23(30)20-10-9-19(11-21(20)28)32-14-22(29)24-25(12-15(2)26)13-16(3)27/h5-11,15-16,26-28H,4,12-14H2,1-3H3,(H,24,29). The van der Waals surface area contributed by atoms with Crippen molar-refractivity contribution >= 4 is 11.7 Å². The third-order valence-electron chi connectivity index (χ3n) is 4.26. The first-order chi connectivity index (χ1) is 15.2. The molecule has 0 aliphatic heterocycles. The van der Waals surface area contributed by atoms with Gasteiger partial charge in [-0.25, -0.2) is 5.01 Å². The molecule has 0 bridgehead atoms. The Morgan fingerprint density at radius 2 is 1.56 bits per heavy atom. The predicted molar refractivity (Wildman–Crippen MR) is 118 cm³/mol. The number of ether oxygens (including phenoxy) is 2. The maximum Gasteiger partial charge on any atom is 0.272 e. The normalized spacial score (nSPS) is 12.8. The van der Waals surface area contributed by atoms with E-state index in [1.807, 2.05) is 6.92 Å². The van der Waals surface area contributed by atoms with Crippen molar-refractivity contribution in [1.82, 2.24) is 10.4 Å². The first-order valence-electron chi connectivity index (χ1n) is 10.3. The van der Waals surface area contributed by atoms with Gasteiger partial charge in [-0.15, -0.1) is 0 Å². The Balaban J connectivity index is 1.97. The number of amides is 1. The Bertz CT molecular complexity index is 888. The second-order valence-corrected chi connectivity index (χ2v) is 7.39. The van der Waals surface area contributed by atoms with Crippen LogP contribution in [0.3, 0.4) is 0 Å². The molecule has 0 spiro atoms. The summed E-state index contributed by atoms with van der Waals surface area (Å²) in [5.74, 6) is -0.275. The molecule has 1 amide bonds. The zero-order chi connectivity index (χ0) is 23.7. The summed E-state index contributed by atoms with van der Waals surface area (Å²) in [5.41, 5.74) is 3.05. The van der Waals surface area contributed by atoms with Gasteiger partial charge in [-0.1, -0.05) is 0 Å². The van der Waals surface area contributed by atoms with E-state index in [9.17, 15) is 24.9 Å². The number of nitrogens with one attached hydrogen (secondary N) is 1. The first kappa shape index (κ1) is 25.1. The molecule has 9 heteroatoms. The molecule has 4 N–H and O–H groups in total. The van der Waals surface area contributed by atoms with E-state index in [2.05, 4.69) is 5.43 Å². The zero-order valence-corrected chi connectivity index (χ0v) is 18.4. The molecule has 0 saturated heterocycles. The average molecular weight is 447 g/mol. The summed E-state index contributed by atoms with van der Waals surface area (Å²) in [5, 5.41) is 30.7. The van der Waals surface area contributed by atoms with E-state index < -0.39 is 18.1 Å². The van der Waals surface area contributed by atoms with Crippen LogP contribution in [0.4, 0.5) is 0 Å². The second-order valence-electron chi connectivity index (χ2n) is 7.39. The van der Waals surface area contributed by atoms with Crippen LogP contribution in [0.15, 0.2) is 42.5 Å². The SMILES string of the molecule is CCOc1ccc(C(=O)c2ccc(OCC(=O)NN(CC(C)O)CC(C)O)cc2O)cc1. The lowest BCUT2D eigenvalue weighted by Gasteiger charge is -2.25. The number of carbonyl (C=O) groups is 2. The molecular formula is C23H30N2O7. The quantitative estimate of drug-likeness (QED) is 0.285. The molecule has 2 unspecified atom stereocenters. The zero-order valence-electron chi connectivity index (χ0n) is 18.4. The number of hydrogen-bond donors (Lipinski definition) is 4. The smallest absolute Gasteiger partial charge is 0.272 e. The van der Waals surface area contributed by atoms with Crippen LogP contribution in [-0.2, 0) is 4.79 Å². The molecule has 32 heavy (non-hydrogen) atoms. The molecule has 0 radical (unpaired) electrons. The largest absolute Gasteiger partial charge is 0.507 e. The van der Waals surface area contributed by atoms with Gasteiger partial charge in [0.05, 0.1) is 24.4 Å². The van der Waals surface area contributed by atoms with Crippen LogP contribution in [0.25, 0.3) is 0 Å². The van der Waals surface area contributed by atoms with Crippen molar-refractivity contribution < 1.29 is 34.4 Å². The van der Waals surface area contributed by atoms with E-state index in [0.29, 0.717) is 17.9 Å². The maximum atomic E-state index is 12.7. The van der Waals surface area contributed by atoms with Gasteiger partial charge in [0.2, 0.25) is 0 Å². The van der Waals surface area contributed by atoms with Crippen molar-refractivity contribution in [1.29, 1.82) is 0 Å². The monoisotopic (exact) mass is 446 g/mol. The lowest BCUT2D eigenvalue weighted by atomic mass is 10.0. The second kappa shape index (κ2) is 12.0. The van der Waals surface area contributed by atoms with E-state index >= 15 is 0 Å². The summed E-state index contributed by atoms with van der Waals surface area (Å²) in [6.45, 7) is 5.44. The molecular weight excluding hydrogens is 416 g/mol. The van der Waals surface area contributed by atoms with Crippen molar-refractivity contribution in [3.63, 3.8) is 0 Å². The number of aliphatic hydroxyl groups excluding tert-OH is 2. The summed E-state index contributed by atoms with van der Waals surface area (Å²) >= 11 is 0. The molecule has 0 fully saturated rings. The van der Waals surface area contributed by atoms with Gasteiger partial charge in [-0.2, -0.15) is 0 Å². The Hall–Kier alpha value is -3.14. The first-order valence-corrected chi connectivity index (χ1v) is 10.3. The third kappa shape index (κ3) is 7.84. The number of benzene rings is 2. The number of phenols is 1. The van der Waals surface area contributed by atoms with Crippen LogP contribution in [0.5, 0.6) is 17.2 Å². The molecule has 0 aromatic heterocycles. The van der Waals surface area contributed by atoms with Gasteiger partial charge in [0.25, 0.3) is 5.91 Å². The highest BCUT2D eigenvalue weighted by Gasteiger charge is 2.17. The topological polar surface area (TPSA) is 129 Å². The van der Waals surface area contributed by atoms with Gasteiger partial charge >= 0.3 is 0 Å². The molecule has 2 aromatic carbocycles. The number of hydrogen-bond acceptors (Lipinski definition) is 8. The molecule has 2 atom stereocenters. The van der Waals surface area contributed by atoms with Crippen molar-refractivity contribution in [3.8, 4) is 17.2 Å². The Labute approximate surface area is 187 Å². The van der Waals surface area contributed by atoms with E-state index in [1.54, 1.807) is 38.1 Å². The van der Waals surface area contributed by atoms with Crippen LogP contribution in [0, 0.1) is 0 Å². The molecule has 0 heterocycles. The molecule has 0 aliphatic rings. The van der Waals surface area contributed by atoms with Gasteiger partial charge in [-0.3, -0.25) is 15.0 Å². The van der Waals surface area contributed by atoms with Crippen LogP contribution in [-0.4, -0.2) is 70.5 Å². The van der Waals surface area contributed by atoms with Crippen molar-refractivity contribution in [2.24, 2.45) is 0 Å². The fraction of sp³-hybridized carbons (Fsp3) is 0.391. The van der Waals surface area contributed by atoms with Gasteiger partial charge in [-0.05, 0) is 57.2 Å². The lowest BCUT2D eigenvalue weighted by Crippen LogP contribution is -2.49. The number of phenolic OH excluding ortho intramolecular Hbond substituents is 1. The number of ketones is 1. The van der Waals surface area contributed by atoms with E-state index in [1.165, 1.54) is 23.2 Å². The Morgan fingerprint density at radius 3 is 2.09 bits per heavy atom. The molecule has 0 aliphatic carbocycles. The predicted octanol–water partition coefficient (Wildman–Crippen LogP) is 1.50. The van der Waals surface area contributed by atoms with Crippen LogP contribution < -0.4 is 14.9 Å². The summed E-state index contributed by atoms with van der Waals surface area (Å²) < 4.78 is 10.7. The van der Waals surface area contributed by atoms with Crippen molar-refractivity contribution in [3.05, 3.63) is 53.6 Å². The van der Waals surface area contributed by atoms with Gasteiger partial charge < -0.3 is 24.8 Å². The minimum absolute atomic E-state index is 0.103. The maximum absolute atomic E-state index is 12.7. The Morgan fingerprint density at radius 1 is 0.969 bits per heavy atom. The highest BCUT2D eigenvalue weighted by molar-refractivity contribution is 6.10. The number of aliphatic hydroxyl groups is 2. The number of hydrazine groups is 1. The van der Waals surface area contributed by atoms with Crippen LogP contribution in [0.1, 0.15) is 36.7 Å². The van der Waals surface area contributed by atoms with Crippen LogP contribution in [0.2, 0.25) is 0 Å². The number of rotatable bonds is 12. The van der Waals surface area contributed by atoms with Gasteiger partial charge in [0, 0.05) is 24.7 Å². The van der Waals surface area contributed by atoms with Crippen molar-refractivity contribution in [2.75, 3.05) is 26.3 Å². The van der Waals surface area contributed by atoms with E-state index in [0.717, 1.165) is 0 Å². The molecule has 2 aromatic rings. The van der Waals surface area contributed by atoms with Gasteiger partial charge in [0.1, 0.15) is 17.2 Å². The minimum atomic E-state index is -0.702. The highest BCUT2D eigenvalue weighted by atomic mass is 16.5. The Kier molecular flexibility index (Phi) is 9.45. The minimum Gasteiger partial charge on any atom is -0.507 e. The summed E-state index contributed by atoms with van der Waals surface area (Å²) in [6.07, 6.45) is -1.40. The van der Waals surface area contributed by atoms with Crippen LogP contribution >= 0.6 is 0 Å². The average Bonchev–Trinajstić information content (AvgIpc) is 2.71. The highest BCUT2D eigenvalue weighted by Crippen LogP contribution is 2.26. The van der Waals surface area contributed by atoms with Gasteiger partial charge in [0.15, 0.2) is 12.4 Å². The number of nitrogens with zero attached hydrogens (tertiary/aromatic N) is 1. The fourth-order valence-corrected chi connectivity index (χ4v) is 2.98. The molecule has 9 nitrogen and oxygen atoms in total. The van der Waals surface area contributed by atoms with E-state index in [-0.39, 0.29) is 42.5 Å². The lowest BCUT2D eigenvalue weighted by molar-refractivity contribution is -0.129. The molecule has 0 saturated carbocycles. The molecule has 174 valence electrons. The number of carbonyl (C=O) groups excluding carboxylic acids is 2. The summed E-state index contributed by atoms with van der Waals surface area (Å²) in [7, 11) is 0. The molecule has 2 rings (SSSR count). The third-order valence-corrected chi connectivity index (χ3v) is 4.26.